The number of rotatable bonds is 8. The third kappa shape index (κ3) is 4.92. The van der Waals surface area contributed by atoms with E-state index in [4.69, 9.17) is 9.47 Å². The number of carbonyl (C=O) groups excluding carboxylic acids is 1. The van der Waals surface area contributed by atoms with Crippen LogP contribution >= 0.6 is 0 Å². The zero-order chi connectivity index (χ0) is 20.4. The van der Waals surface area contributed by atoms with Crippen molar-refractivity contribution < 1.29 is 19.0 Å². The molecule has 148 valence electrons. The van der Waals surface area contributed by atoms with Crippen molar-refractivity contribution in [2.45, 2.75) is 5.60 Å². The smallest absolute Gasteiger partial charge is 0.438 e. The maximum atomic E-state index is 11.0. The lowest BCUT2D eigenvalue weighted by Crippen LogP contribution is -2.33. The Hall–Kier alpha value is -3.37. The summed E-state index contributed by atoms with van der Waals surface area (Å²) in [6.07, 6.45) is 2.87. The topological polar surface area (TPSA) is 44.8 Å². The maximum Gasteiger partial charge on any atom is 0.508 e. The van der Waals surface area contributed by atoms with Crippen LogP contribution in [0, 0.1) is 0 Å². The van der Waals surface area contributed by atoms with E-state index in [1.807, 2.05) is 60.7 Å². The first-order chi connectivity index (χ1) is 14.3. The van der Waals surface area contributed by atoms with Gasteiger partial charge in [0.05, 0.1) is 13.7 Å². The molecular weight excluding hydrogens is 364 g/mol. The highest BCUT2D eigenvalue weighted by atomic mass is 16.7. The van der Waals surface area contributed by atoms with Gasteiger partial charge in [0.15, 0.2) is 0 Å². The third-order valence-electron chi connectivity index (χ3n) is 4.57. The van der Waals surface area contributed by atoms with E-state index in [0.29, 0.717) is 6.61 Å². The first-order valence-corrected chi connectivity index (χ1v) is 9.43. The highest BCUT2D eigenvalue weighted by Crippen LogP contribution is 2.40. The molecular formula is C25H24O4. The van der Waals surface area contributed by atoms with Crippen LogP contribution in [0.5, 0.6) is 0 Å². The molecule has 3 aromatic rings. The lowest BCUT2D eigenvalue weighted by molar-refractivity contribution is 0.0315. The highest BCUT2D eigenvalue weighted by Gasteiger charge is 2.37. The Bertz CT molecular complexity index is 809. The summed E-state index contributed by atoms with van der Waals surface area (Å²) in [4.78, 5) is 11.0. The fourth-order valence-electron chi connectivity index (χ4n) is 3.25. The van der Waals surface area contributed by atoms with Gasteiger partial charge in [-0.25, -0.2) is 4.79 Å². The SMILES string of the molecule is COC(=O)OC/C=C/COC(c1ccccc1)(c1ccccc1)c1ccccc1. The van der Waals surface area contributed by atoms with Gasteiger partial charge in [-0.1, -0.05) is 97.1 Å². The summed E-state index contributed by atoms with van der Waals surface area (Å²) in [5.74, 6) is 0. The van der Waals surface area contributed by atoms with Gasteiger partial charge in [0.2, 0.25) is 0 Å². The van der Waals surface area contributed by atoms with Crippen molar-refractivity contribution in [3.63, 3.8) is 0 Å². The van der Waals surface area contributed by atoms with Crippen LogP contribution in [0.15, 0.2) is 103 Å². The number of ether oxygens (including phenoxy) is 3. The van der Waals surface area contributed by atoms with E-state index >= 15 is 0 Å². The molecule has 0 N–H and O–H groups in total. The second-order valence-electron chi connectivity index (χ2n) is 6.33. The van der Waals surface area contributed by atoms with Gasteiger partial charge in [-0.3, -0.25) is 0 Å². The summed E-state index contributed by atoms with van der Waals surface area (Å²) in [6, 6.07) is 30.5. The molecule has 0 aliphatic carbocycles. The van der Waals surface area contributed by atoms with Crippen molar-refractivity contribution in [3.8, 4) is 0 Å². The average Bonchev–Trinajstić information content (AvgIpc) is 2.80. The predicted molar refractivity (Wildman–Crippen MR) is 113 cm³/mol. The van der Waals surface area contributed by atoms with Gasteiger partial charge >= 0.3 is 6.16 Å². The van der Waals surface area contributed by atoms with Gasteiger partial charge in [0.25, 0.3) is 0 Å². The Morgan fingerprint density at radius 3 is 1.55 bits per heavy atom. The third-order valence-corrected chi connectivity index (χ3v) is 4.57. The standard InChI is InChI=1S/C25H24O4/c1-27-24(26)28-19-11-12-20-29-25(21-13-5-2-6-14-21,22-15-7-3-8-16-22)23-17-9-4-10-18-23/h2-18H,19-20H2,1H3/b12-11+. The van der Waals surface area contributed by atoms with Crippen LogP contribution in [0.4, 0.5) is 4.79 Å². The van der Waals surface area contributed by atoms with E-state index in [1.165, 1.54) is 7.11 Å². The average molecular weight is 388 g/mol. The van der Waals surface area contributed by atoms with Crippen molar-refractivity contribution in [3.05, 3.63) is 120 Å². The van der Waals surface area contributed by atoms with Gasteiger partial charge in [0.1, 0.15) is 12.2 Å². The van der Waals surface area contributed by atoms with Crippen molar-refractivity contribution in [1.82, 2.24) is 0 Å². The van der Waals surface area contributed by atoms with Gasteiger partial charge in [-0.15, -0.1) is 0 Å². The van der Waals surface area contributed by atoms with E-state index in [2.05, 4.69) is 41.1 Å². The van der Waals surface area contributed by atoms with E-state index in [-0.39, 0.29) is 6.61 Å². The lowest BCUT2D eigenvalue weighted by Gasteiger charge is -2.35. The molecule has 0 radical (unpaired) electrons. The first kappa shape index (κ1) is 20.4. The molecule has 0 bridgehead atoms. The summed E-state index contributed by atoms with van der Waals surface area (Å²) < 4.78 is 15.9. The lowest BCUT2D eigenvalue weighted by atomic mass is 9.80. The summed E-state index contributed by atoms with van der Waals surface area (Å²) in [5.41, 5.74) is 2.35. The number of methoxy groups -OCH3 is 1. The van der Waals surface area contributed by atoms with Crippen molar-refractivity contribution in [2.75, 3.05) is 20.3 Å². The molecule has 0 unspecified atom stereocenters. The molecule has 0 fully saturated rings. The minimum atomic E-state index is -0.767. The molecule has 4 heteroatoms. The number of hydrogen-bond acceptors (Lipinski definition) is 4. The molecule has 4 nitrogen and oxygen atoms in total. The molecule has 0 saturated carbocycles. The largest absolute Gasteiger partial charge is 0.508 e. The van der Waals surface area contributed by atoms with Crippen LogP contribution in [0.1, 0.15) is 16.7 Å². The van der Waals surface area contributed by atoms with Crippen LogP contribution in [-0.2, 0) is 19.8 Å². The summed E-state index contributed by atoms with van der Waals surface area (Å²) in [5, 5.41) is 0. The number of benzene rings is 3. The Labute approximate surface area is 171 Å². The van der Waals surface area contributed by atoms with E-state index < -0.39 is 11.8 Å². The second-order valence-corrected chi connectivity index (χ2v) is 6.33. The fraction of sp³-hybridized carbons (Fsp3) is 0.160. The molecule has 0 saturated heterocycles. The molecule has 0 aliphatic rings. The Morgan fingerprint density at radius 1 is 0.724 bits per heavy atom. The number of hydrogen-bond donors (Lipinski definition) is 0. The highest BCUT2D eigenvalue weighted by molar-refractivity contribution is 5.59. The summed E-state index contributed by atoms with van der Waals surface area (Å²) >= 11 is 0. The van der Waals surface area contributed by atoms with Gasteiger partial charge in [-0.2, -0.15) is 0 Å². The zero-order valence-corrected chi connectivity index (χ0v) is 16.4. The second kappa shape index (κ2) is 10.2. The predicted octanol–water partition coefficient (Wildman–Crippen LogP) is 5.33. The molecule has 3 aromatic carbocycles. The first-order valence-electron chi connectivity index (χ1n) is 9.43. The Morgan fingerprint density at radius 2 is 1.14 bits per heavy atom. The summed E-state index contributed by atoms with van der Waals surface area (Å²) in [7, 11) is 1.28. The summed E-state index contributed by atoms with van der Waals surface area (Å²) in [6.45, 7) is 0.467. The van der Waals surface area contributed by atoms with Crippen molar-refractivity contribution in [1.29, 1.82) is 0 Å². The molecule has 0 amide bonds. The normalized spacial score (nSPS) is 11.3. The quantitative estimate of drug-likeness (QED) is 0.297. The van der Waals surface area contributed by atoms with Crippen LogP contribution in [0.2, 0.25) is 0 Å². The molecule has 0 atom stereocenters. The molecule has 0 aromatic heterocycles. The Balaban J connectivity index is 1.95. The minimum absolute atomic E-state index is 0.130. The molecule has 29 heavy (non-hydrogen) atoms. The van der Waals surface area contributed by atoms with Crippen LogP contribution in [-0.4, -0.2) is 26.5 Å². The fourth-order valence-corrected chi connectivity index (χ4v) is 3.25. The minimum Gasteiger partial charge on any atom is -0.438 e. The van der Waals surface area contributed by atoms with E-state index in [0.717, 1.165) is 16.7 Å². The van der Waals surface area contributed by atoms with Crippen molar-refractivity contribution >= 4 is 6.16 Å². The van der Waals surface area contributed by atoms with Gasteiger partial charge in [0, 0.05) is 0 Å². The molecule has 0 spiro atoms. The van der Waals surface area contributed by atoms with Crippen molar-refractivity contribution in [2.24, 2.45) is 0 Å². The van der Waals surface area contributed by atoms with E-state index in [9.17, 15) is 4.79 Å². The monoisotopic (exact) mass is 388 g/mol. The maximum absolute atomic E-state index is 11.0. The zero-order valence-electron chi connectivity index (χ0n) is 16.4. The molecule has 0 aliphatic heterocycles. The van der Waals surface area contributed by atoms with Crippen LogP contribution in [0.25, 0.3) is 0 Å². The van der Waals surface area contributed by atoms with Gasteiger partial charge in [-0.05, 0) is 22.8 Å². The molecule has 3 rings (SSSR count). The van der Waals surface area contributed by atoms with Crippen LogP contribution < -0.4 is 0 Å². The Kier molecular flexibility index (Phi) is 7.20. The van der Waals surface area contributed by atoms with Gasteiger partial charge < -0.3 is 14.2 Å². The number of carbonyl (C=O) groups is 1. The van der Waals surface area contributed by atoms with E-state index in [1.54, 1.807) is 6.08 Å². The molecule has 0 heterocycles. The van der Waals surface area contributed by atoms with Crippen LogP contribution in [0.3, 0.4) is 0 Å².